The highest BCUT2D eigenvalue weighted by Crippen LogP contribution is 2.27. The molecule has 2 aromatic heterocycles. The molecule has 2 amide bonds. The van der Waals surface area contributed by atoms with Gasteiger partial charge in [-0.2, -0.15) is 5.10 Å². The van der Waals surface area contributed by atoms with Crippen LogP contribution < -0.4 is 14.9 Å². The van der Waals surface area contributed by atoms with Gasteiger partial charge in [0, 0.05) is 30.9 Å². The molecule has 0 aliphatic carbocycles. The van der Waals surface area contributed by atoms with Gasteiger partial charge in [-0.25, -0.2) is 18.1 Å². The molecule has 1 fully saturated rings. The number of nitrogens with zero attached hydrogens (tertiary/aromatic N) is 4. The average Bonchev–Trinajstić information content (AvgIpc) is 3.21. The maximum absolute atomic E-state index is 13.7. The Labute approximate surface area is 204 Å². The van der Waals surface area contributed by atoms with Crippen LogP contribution in [0.4, 0.5) is 5.82 Å². The smallest absolute Gasteiger partial charge is 0.283 e. The number of benzene rings is 1. The predicted octanol–water partition coefficient (Wildman–Crippen LogP) is 1.88. The van der Waals surface area contributed by atoms with Gasteiger partial charge in [0.2, 0.25) is 10.0 Å². The fraction of sp³-hybridized carbons (Fsp3) is 0.333. The molecule has 0 bridgehead atoms. The van der Waals surface area contributed by atoms with E-state index in [-0.39, 0.29) is 17.6 Å². The molecule has 10 nitrogen and oxygen atoms in total. The first-order valence-corrected chi connectivity index (χ1v) is 13.2. The molecule has 0 spiro atoms. The van der Waals surface area contributed by atoms with E-state index in [9.17, 15) is 18.0 Å². The Bertz CT molecular complexity index is 1340. The van der Waals surface area contributed by atoms with E-state index in [1.807, 2.05) is 23.8 Å². The summed E-state index contributed by atoms with van der Waals surface area (Å²) >= 11 is 0. The minimum atomic E-state index is -3.74. The predicted molar refractivity (Wildman–Crippen MR) is 133 cm³/mol. The fourth-order valence-electron chi connectivity index (χ4n) is 4.28. The molecule has 11 heteroatoms. The number of amides is 2. The van der Waals surface area contributed by atoms with E-state index in [4.69, 9.17) is 0 Å². The third kappa shape index (κ3) is 5.41. The zero-order chi connectivity index (χ0) is 25.2. The molecule has 1 aliphatic heterocycles. The first-order valence-electron chi connectivity index (χ1n) is 11.3. The number of aromatic nitrogens is 3. The molecule has 4 rings (SSSR count). The SMILES string of the molecule is Cc1cccnc1N(C(=O)c1ccc(-c2cnn(C)c2C(=O)NS(C)(=O)=O)cc1)[C@@H]1CCCNC1. The number of hydrogen-bond donors (Lipinski definition) is 2. The van der Waals surface area contributed by atoms with Crippen LogP contribution in [-0.4, -0.2) is 60.4 Å². The Morgan fingerprint density at radius 3 is 2.57 bits per heavy atom. The number of sulfonamides is 1. The van der Waals surface area contributed by atoms with Crippen LogP contribution in [0.15, 0.2) is 48.8 Å². The second-order valence-electron chi connectivity index (χ2n) is 8.63. The van der Waals surface area contributed by atoms with Crippen molar-refractivity contribution in [3.8, 4) is 11.1 Å². The summed E-state index contributed by atoms with van der Waals surface area (Å²) in [6.45, 7) is 3.55. The van der Waals surface area contributed by atoms with E-state index in [1.165, 1.54) is 10.9 Å². The molecule has 0 saturated carbocycles. The van der Waals surface area contributed by atoms with Crippen molar-refractivity contribution in [1.82, 2.24) is 24.8 Å². The summed E-state index contributed by atoms with van der Waals surface area (Å²) in [7, 11) is -2.18. The number of piperidine rings is 1. The Balaban J connectivity index is 1.66. The average molecular weight is 497 g/mol. The van der Waals surface area contributed by atoms with Gasteiger partial charge in [0.05, 0.1) is 18.5 Å². The topological polar surface area (TPSA) is 126 Å². The monoisotopic (exact) mass is 496 g/mol. The fourth-order valence-corrected chi connectivity index (χ4v) is 4.72. The van der Waals surface area contributed by atoms with Crippen LogP contribution in [0.1, 0.15) is 39.3 Å². The summed E-state index contributed by atoms with van der Waals surface area (Å²) in [6, 6.07) is 10.6. The molecule has 35 heavy (non-hydrogen) atoms. The van der Waals surface area contributed by atoms with Crippen LogP contribution in [0, 0.1) is 6.92 Å². The summed E-state index contributed by atoms with van der Waals surface area (Å²) in [5, 5.41) is 7.48. The van der Waals surface area contributed by atoms with Crippen molar-refractivity contribution in [3.63, 3.8) is 0 Å². The van der Waals surface area contributed by atoms with Gasteiger partial charge in [0.1, 0.15) is 11.5 Å². The lowest BCUT2D eigenvalue weighted by molar-refractivity contribution is 0.0963. The number of rotatable bonds is 6. The highest BCUT2D eigenvalue weighted by Gasteiger charge is 2.30. The van der Waals surface area contributed by atoms with E-state index in [0.29, 0.717) is 29.1 Å². The molecule has 184 valence electrons. The van der Waals surface area contributed by atoms with E-state index in [1.54, 1.807) is 42.4 Å². The molecular formula is C24H28N6O4S. The minimum Gasteiger partial charge on any atom is -0.315 e. The second kappa shape index (κ2) is 9.96. The van der Waals surface area contributed by atoms with Crippen LogP contribution in [0.3, 0.4) is 0 Å². The zero-order valence-electron chi connectivity index (χ0n) is 19.9. The number of hydrogen-bond acceptors (Lipinski definition) is 7. The molecule has 2 N–H and O–H groups in total. The van der Waals surface area contributed by atoms with E-state index < -0.39 is 15.9 Å². The number of aryl methyl sites for hydroxylation is 2. The Kier molecular flexibility index (Phi) is 6.99. The summed E-state index contributed by atoms with van der Waals surface area (Å²) in [5.74, 6) is -0.292. The molecule has 3 aromatic rings. The van der Waals surface area contributed by atoms with Gasteiger partial charge in [-0.1, -0.05) is 18.2 Å². The second-order valence-corrected chi connectivity index (χ2v) is 10.4. The lowest BCUT2D eigenvalue weighted by atomic mass is 10.0. The summed E-state index contributed by atoms with van der Waals surface area (Å²) < 4.78 is 26.4. The zero-order valence-corrected chi connectivity index (χ0v) is 20.7. The summed E-state index contributed by atoms with van der Waals surface area (Å²) in [5.41, 5.74) is 2.60. The Morgan fingerprint density at radius 1 is 1.20 bits per heavy atom. The number of pyridine rings is 1. The third-order valence-electron chi connectivity index (χ3n) is 5.94. The number of anilines is 1. The number of nitrogens with one attached hydrogen (secondary N) is 2. The molecule has 0 unspecified atom stereocenters. The van der Waals surface area contributed by atoms with Crippen LogP contribution in [0.25, 0.3) is 11.1 Å². The van der Waals surface area contributed by atoms with Crippen LogP contribution in [0.2, 0.25) is 0 Å². The van der Waals surface area contributed by atoms with Crippen molar-refractivity contribution >= 4 is 27.7 Å². The number of carbonyl (C=O) groups excluding carboxylic acids is 2. The third-order valence-corrected chi connectivity index (χ3v) is 6.50. The van der Waals surface area contributed by atoms with Crippen molar-refractivity contribution in [2.75, 3.05) is 24.2 Å². The van der Waals surface area contributed by atoms with Crippen LogP contribution in [-0.2, 0) is 17.1 Å². The van der Waals surface area contributed by atoms with Crippen LogP contribution in [0.5, 0.6) is 0 Å². The van der Waals surface area contributed by atoms with E-state index in [0.717, 1.165) is 31.2 Å². The molecule has 1 aromatic carbocycles. The van der Waals surface area contributed by atoms with Gasteiger partial charge in [-0.3, -0.25) is 19.2 Å². The standard InChI is InChI=1S/C24H28N6O4S/c1-16-6-4-13-26-22(16)30(19-7-5-12-25-14-19)24(32)18-10-8-17(9-11-18)20-15-27-29(2)21(20)23(31)28-35(3,33)34/h4,6,8-11,13,15,19,25H,5,7,12,14H2,1-3H3,(H,28,31)/t19-/m1/s1. The van der Waals surface area contributed by atoms with Crippen molar-refractivity contribution in [1.29, 1.82) is 0 Å². The highest BCUT2D eigenvalue weighted by molar-refractivity contribution is 7.89. The first-order chi connectivity index (χ1) is 16.7. The van der Waals surface area contributed by atoms with E-state index >= 15 is 0 Å². The van der Waals surface area contributed by atoms with Gasteiger partial charge in [-0.15, -0.1) is 0 Å². The van der Waals surface area contributed by atoms with Gasteiger partial charge in [-0.05, 0) is 55.6 Å². The molecule has 3 heterocycles. The van der Waals surface area contributed by atoms with Crippen LogP contribution >= 0.6 is 0 Å². The normalized spacial score (nSPS) is 16.0. The lowest BCUT2D eigenvalue weighted by Crippen LogP contribution is -2.49. The largest absolute Gasteiger partial charge is 0.315 e. The maximum Gasteiger partial charge on any atom is 0.283 e. The van der Waals surface area contributed by atoms with Gasteiger partial charge in [0.25, 0.3) is 11.8 Å². The van der Waals surface area contributed by atoms with Gasteiger partial charge < -0.3 is 5.32 Å². The molecule has 1 atom stereocenters. The van der Waals surface area contributed by atoms with Crippen molar-refractivity contribution in [3.05, 3.63) is 65.6 Å². The molecule has 1 saturated heterocycles. The summed E-state index contributed by atoms with van der Waals surface area (Å²) in [4.78, 5) is 32.5. The van der Waals surface area contributed by atoms with E-state index in [2.05, 4.69) is 15.4 Å². The maximum atomic E-state index is 13.7. The van der Waals surface area contributed by atoms with Crippen molar-refractivity contribution in [2.45, 2.75) is 25.8 Å². The summed E-state index contributed by atoms with van der Waals surface area (Å²) in [6.07, 6.45) is 5.94. The molecule has 0 radical (unpaired) electrons. The van der Waals surface area contributed by atoms with Gasteiger partial charge >= 0.3 is 0 Å². The molecular weight excluding hydrogens is 468 g/mol. The lowest BCUT2D eigenvalue weighted by Gasteiger charge is -2.34. The minimum absolute atomic E-state index is 0.0193. The Morgan fingerprint density at radius 2 is 1.94 bits per heavy atom. The van der Waals surface area contributed by atoms with Gasteiger partial charge in [0.15, 0.2) is 0 Å². The first kappa shape index (κ1) is 24.6. The quantitative estimate of drug-likeness (QED) is 0.534. The molecule has 1 aliphatic rings. The number of carbonyl (C=O) groups is 2. The van der Waals surface area contributed by atoms with Crippen molar-refractivity contribution in [2.24, 2.45) is 7.05 Å². The highest BCUT2D eigenvalue weighted by atomic mass is 32.2. The van der Waals surface area contributed by atoms with Crippen molar-refractivity contribution < 1.29 is 18.0 Å². The Hall–Kier alpha value is -3.57.